The summed E-state index contributed by atoms with van der Waals surface area (Å²) < 4.78 is 5.61. The Bertz CT molecular complexity index is 393. The molecule has 1 saturated heterocycles. The Kier molecular flexibility index (Phi) is 4.20. The number of ether oxygens (including phenoxy) is 1. The van der Waals surface area contributed by atoms with Crippen LogP contribution in [0.1, 0.15) is 6.92 Å². The SMILES string of the molecule is C[C@@H]1CN(CCOc2ccccc2)C[C@H]1C(=O)O. The average molecular weight is 249 g/mol. The third-order valence-electron chi connectivity index (χ3n) is 3.42. The molecule has 1 N–H and O–H groups in total. The minimum Gasteiger partial charge on any atom is -0.492 e. The van der Waals surface area contributed by atoms with Gasteiger partial charge in [0.25, 0.3) is 0 Å². The molecule has 0 saturated carbocycles. The van der Waals surface area contributed by atoms with Crippen molar-refractivity contribution in [2.24, 2.45) is 11.8 Å². The van der Waals surface area contributed by atoms with Crippen LogP contribution in [0.15, 0.2) is 30.3 Å². The zero-order valence-corrected chi connectivity index (χ0v) is 10.6. The van der Waals surface area contributed by atoms with Crippen LogP contribution in [-0.2, 0) is 4.79 Å². The van der Waals surface area contributed by atoms with Crippen molar-refractivity contribution in [3.8, 4) is 5.75 Å². The smallest absolute Gasteiger partial charge is 0.308 e. The van der Waals surface area contributed by atoms with E-state index < -0.39 is 5.97 Å². The molecule has 0 amide bonds. The van der Waals surface area contributed by atoms with E-state index >= 15 is 0 Å². The van der Waals surface area contributed by atoms with Crippen LogP contribution in [0.5, 0.6) is 5.75 Å². The molecule has 18 heavy (non-hydrogen) atoms. The van der Waals surface area contributed by atoms with E-state index in [0.717, 1.165) is 18.8 Å². The third kappa shape index (κ3) is 3.23. The van der Waals surface area contributed by atoms with Crippen LogP contribution in [0.3, 0.4) is 0 Å². The second-order valence-electron chi connectivity index (χ2n) is 4.84. The topological polar surface area (TPSA) is 49.8 Å². The van der Waals surface area contributed by atoms with Crippen molar-refractivity contribution >= 4 is 5.97 Å². The number of carbonyl (C=O) groups is 1. The molecule has 0 aliphatic carbocycles. The molecular weight excluding hydrogens is 230 g/mol. The summed E-state index contributed by atoms with van der Waals surface area (Å²) in [5, 5.41) is 9.05. The van der Waals surface area contributed by atoms with Gasteiger partial charge in [0.05, 0.1) is 5.92 Å². The fraction of sp³-hybridized carbons (Fsp3) is 0.500. The first kappa shape index (κ1) is 12.9. The highest BCUT2D eigenvalue weighted by Crippen LogP contribution is 2.22. The molecule has 4 nitrogen and oxygen atoms in total. The predicted octanol–water partition coefficient (Wildman–Crippen LogP) is 1.72. The van der Waals surface area contributed by atoms with Gasteiger partial charge in [-0.3, -0.25) is 9.69 Å². The van der Waals surface area contributed by atoms with Gasteiger partial charge < -0.3 is 9.84 Å². The van der Waals surface area contributed by atoms with Gasteiger partial charge in [0.1, 0.15) is 12.4 Å². The Morgan fingerprint density at radius 2 is 2.11 bits per heavy atom. The van der Waals surface area contributed by atoms with Gasteiger partial charge in [-0.1, -0.05) is 25.1 Å². The van der Waals surface area contributed by atoms with Gasteiger partial charge in [0, 0.05) is 19.6 Å². The number of hydrogen-bond acceptors (Lipinski definition) is 3. The van der Waals surface area contributed by atoms with E-state index in [-0.39, 0.29) is 11.8 Å². The number of benzene rings is 1. The van der Waals surface area contributed by atoms with E-state index in [2.05, 4.69) is 4.90 Å². The van der Waals surface area contributed by atoms with Crippen molar-refractivity contribution in [1.29, 1.82) is 0 Å². The van der Waals surface area contributed by atoms with Gasteiger partial charge in [-0.2, -0.15) is 0 Å². The number of para-hydroxylation sites is 1. The highest BCUT2D eigenvalue weighted by molar-refractivity contribution is 5.71. The van der Waals surface area contributed by atoms with Crippen LogP contribution < -0.4 is 4.74 Å². The second kappa shape index (κ2) is 5.87. The molecule has 0 unspecified atom stereocenters. The lowest BCUT2D eigenvalue weighted by Gasteiger charge is -2.15. The largest absolute Gasteiger partial charge is 0.492 e. The summed E-state index contributed by atoms with van der Waals surface area (Å²) in [6.07, 6.45) is 0. The predicted molar refractivity (Wildman–Crippen MR) is 68.7 cm³/mol. The highest BCUT2D eigenvalue weighted by Gasteiger charge is 2.34. The van der Waals surface area contributed by atoms with Crippen LogP contribution in [-0.4, -0.2) is 42.2 Å². The van der Waals surface area contributed by atoms with Crippen LogP contribution in [0.2, 0.25) is 0 Å². The fourth-order valence-electron chi connectivity index (χ4n) is 2.38. The lowest BCUT2D eigenvalue weighted by molar-refractivity contribution is -0.142. The fourth-order valence-corrected chi connectivity index (χ4v) is 2.38. The number of carboxylic acid groups (broad SMARTS) is 1. The number of rotatable bonds is 5. The third-order valence-corrected chi connectivity index (χ3v) is 3.42. The van der Waals surface area contributed by atoms with Crippen LogP contribution in [0.25, 0.3) is 0 Å². The first-order valence-corrected chi connectivity index (χ1v) is 6.30. The summed E-state index contributed by atoms with van der Waals surface area (Å²) >= 11 is 0. The molecule has 98 valence electrons. The summed E-state index contributed by atoms with van der Waals surface area (Å²) in [6.45, 7) is 4.85. The van der Waals surface area contributed by atoms with Crippen LogP contribution in [0.4, 0.5) is 0 Å². The van der Waals surface area contributed by atoms with Gasteiger partial charge in [-0.25, -0.2) is 0 Å². The van der Waals surface area contributed by atoms with Crippen LogP contribution >= 0.6 is 0 Å². The van der Waals surface area contributed by atoms with Gasteiger partial charge in [0.15, 0.2) is 0 Å². The highest BCUT2D eigenvalue weighted by atomic mass is 16.5. The molecule has 1 heterocycles. The van der Waals surface area contributed by atoms with Gasteiger partial charge in [-0.05, 0) is 18.1 Å². The Morgan fingerprint density at radius 3 is 2.72 bits per heavy atom. The van der Waals surface area contributed by atoms with Crippen molar-refractivity contribution in [3.05, 3.63) is 30.3 Å². The molecule has 4 heteroatoms. The maximum absolute atomic E-state index is 11.0. The Morgan fingerprint density at radius 1 is 1.39 bits per heavy atom. The molecule has 1 aliphatic rings. The van der Waals surface area contributed by atoms with E-state index in [9.17, 15) is 4.79 Å². The minimum atomic E-state index is -0.686. The second-order valence-corrected chi connectivity index (χ2v) is 4.84. The van der Waals surface area contributed by atoms with E-state index in [4.69, 9.17) is 9.84 Å². The van der Waals surface area contributed by atoms with Gasteiger partial charge in [-0.15, -0.1) is 0 Å². The van der Waals surface area contributed by atoms with Crippen molar-refractivity contribution in [2.75, 3.05) is 26.2 Å². The molecule has 1 fully saturated rings. The molecule has 1 aliphatic heterocycles. The zero-order chi connectivity index (χ0) is 13.0. The summed E-state index contributed by atoms with van der Waals surface area (Å²) in [5.41, 5.74) is 0. The number of aliphatic carboxylic acids is 1. The van der Waals surface area contributed by atoms with Crippen LogP contribution in [0, 0.1) is 11.8 Å². The molecule has 0 radical (unpaired) electrons. The molecule has 0 spiro atoms. The summed E-state index contributed by atoms with van der Waals surface area (Å²) in [5.74, 6) is 0.162. The number of carboxylic acids is 1. The maximum atomic E-state index is 11.0. The normalized spacial score (nSPS) is 24.1. The molecule has 1 aromatic rings. The average Bonchev–Trinajstić information content (AvgIpc) is 2.72. The monoisotopic (exact) mass is 249 g/mol. The van der Waals surface area contributed by atoms with Crippen molar-refractivity contribution in [3.63, 3.8) is 0 Å². The molecular formula is C14H19NO3. The van der Waals surface area contributed by atoms with E-state index in [1.165, 1.54) is 0 Å². The summed E-state index contributed by atoms with van der Waals surface area (Å²) in [6, 6.07) is 9.67. The minimum absolute atomic E-state index is 0.222. The first-order valence-electron chi connectivity index (χ1n) is 6.30. The zero-order valence-electron chi connectivity index (χ0n) is 10.6. The van der Waals surface area contributed by atoms with Gasteiger partial charge in [0.2, 0.25) is 0 Å². The Labute approximate surface area is 107 Å². The first-order chi connectivity index (χ1) is 8.66. The van der Waals surface area contributed by atoms with Crippen molar-refractivity contribution in [2.45, 2.75) is 6.92 Å². The van der Waals surface area contributed by atoms with E-state index in [1.54, 1.807) is 0 Å². The lowest BCUT2D eigenvalue weighted by Crippen LogP contribution is -2.27. The standard InChI is InChI=1S/C14H19NO3/c1-11-9-15(10-13(11)14(16)17)7-8-18-12-5-3-2-4-6-12/h2-6,11,13H,7-10H2,1H3,(H,16,17)/t11-,13-/m1/s1. The van der Waals surface area contributed by atoms with E-state index in [0.29, 0.717) is 13.2 Å². The molecule has 0 aromatic heterocycles. The number of nitrogens with zero attached hydrogens (tertiary/aromatic N) is 1. The molecule has 2 rings (SSSR count). The van der Waals surface area contributed by atoms with Gasteiger partial charge >= 0.3 is 5.97 Å². The number of likely N-dealkylation sites (tertiary alicyclic amines) is 1. The summed E-state index contributed by atoms with van der Waals surface area (Å²) in [7, 11) is 0. The quantitative estimate of drug-likeness (QED) is 0.863. The Balaban J connectivity index is 1.74. The molecule has 2 atom stereocenters. The molecule has 0 bridgehead atoms. The number of hydrogen-bond donors (Lipinski definition) is 1. The van der Waals surface area contributed by atoms with Crippen molar-refractivity contribution in [1.82, 2.24) is 4.90 Å². The Hall–Kier alpha value is -1.55. The lowest BCUT2D eigenvalue weighted by atomic mass is 9.99. The van der Waals surface area contributed by atoms with Crippen molar-refractivity contribution < 1.29 is 14.6 Å². The summed E-state index contributed by atoms with van der Waals surface area (Å²) in [4.78, 5) is 13.2. The van der Waals surface area contributed by atoms with E-state index in [1.807, 2.05) is 37.3 Å². The maximum Gasteiger partial charge on any atom is 0.308 e. The molecule has 1 aromatic carbocycles.